The third kappa shape index (κ3) is 3.08. The number of nitrogen functional groups attached to an aromatic ring is 1. The van der Waals surface area contributed by atoms with Gasteiger partial charge in [0.2, 0.25) is 11.7 Å². The van der Waals surface area contributed by atoms with Gasteiger partial charge in [-0.2, -0.15) is 0 Å². The van der Waals surface area contributed by atoms with Crippen LogP contribution < -0.4 is 15.8 Å². The SMILES string of the molecule is COc1c(N)ncnc1NC(C)C(=O)N1CCOCC1. The molecule has 1 fully saturated rings. The van der Waals surface area contributed by atoms with Gasteiger partial charge >= 0.3 is 0 Å². The topological polar surface area (TPSA) is 103 Å². The minimum absolute atomic E-state index is 0.00691. The van der Waals surface area contributed by atoms with Gasteiger partial charge in [0.1, 0.15) is 12.4 Å². The number of aromatic nitrogens is 2. The summed E-state index contributed by atoms with van der Waals surface area (Å²) in [5, 5.41) is 3.01. The second-order valence-corrected chi connectivity index (χ2v) is 4.44. The number of morpholine rings is 1. The Bertz CT molecular complexity index is 476. The van der Waals surface area contributed by atoms with Crippen LogP contribution in [-0.4, -0.2) is 60.2 Å². The van der Waals surface area contributed by atoms with E-state index in [1.165, 1.54) is 13.4 Å². The third-order valence-electron chi connectivity index (χ3n) is 3.08. The van der Waals surface area contributed by atoms with Gasteiger partial charge < -0.3 is 25.4 Å². The average Bonchev–Trinajstić information content (AvgIpc) is 2.47. The molecule has 1 aromatic heterocycles. The molecule has 1 aromatic rings. The minimum Gasteiger partial charge on any atom is -0.490 e. The zero-order valence-electron chi connectivity index (χ0n) is 11.6. The predicted octanol–water partition coefficient (Wildman–Crippen LogP) is -0.273. The Hall–Kier alpha value is -2.09. The average molecular weight is 281 g/mol. The van der Waals surface area contributed by atoms with Crippen LogP contribution in [0.4, 0.5) is 11.6 Å². The van der Waals surface area contributed by atoms with E-state index in [1.54, 1.807) is 11.8 Å². The second kappa shape index (κ2) is 6.38. The van der Waals surface area contributed by atoms with Crippen LogP contribution >= 0.6 is 0 Å². The second-order valence-electron chi connectivity index (χ2n) is 4.44. The number of anilines is 2. The van der Waals surface area contributed by atoms with E-state index < -0.39 is 6.04 Å². The Kier molecular flexibility index (Phi) is 4.57. The van der Waals surface area contributed by atoms with Crippen LogP contribution in [0.15, 0.2) is 6.33 Å². The molecule has 1 aliphatic rings. The highest BCUT2D eigenvalue weighted by molar-refractivity contribution is 5.84. The summed E-state index contributed by atoms with van der Waals surface area (Å²) in [6, 6.07) is -0.434. The lowest BCUT2D eigenvalue weighted by atomic mass is 10.2. The molecule has 8 nitrogen and oxygen atoms in total. The Morgan fingerprint density at radius 1 is 1.50 bits per heavy atom. The molecule has 0 saturated carbocycles. The number of hydrogen-bond donors (Lipinski definition) is 2. The van der Waals surface area contributed by atoms with Gasteiger partial charge in [0.25, 0.3) is 0 Å². The first-order valence-electron chi connectivity index (χ1n) is 6.41. The number of hydrogen-bond acceptors (Lipinski definition) is 7. The summed E-state index contributed by atoms with van der Waals surface area (Å²) in [5.41, 5.74) is 5.70. The van der Waals surface area contributed by atoms with Gasteiger partial charge in [-0.15, -0.1) is 0 Å². The fraction of sp³-hybridized carbons (Fsp3) is 0.583. The summed E-state index contributed by atoms with van der Waals surface area (Å²) >= 11 is 0. The predicted molar refractivity (Wildman–Crippen MR) is 73.5 cm³/mol. The van der Waals surface area contributed by atoms with Gasteiger partial charge in [-0.05, 0) is 6.92 Å². The van der Waals surface area contributed by atoms with Crippen molar-refractivity contribution < 1.29 is 14.3 Å². The number of rotatable bonds is 4. The van der Waals surface area contributed by atoms with E-state index in [9.17, 15) is 4.79 Å². The van der Waals surface area contributed by atoms with Gasteiger partial charge in [-0.1, -0.05) is 0 Å². The molecule has 110 valence electrons. The number of carbonyl (C=O) groups is 1. The van der Waals surface area contributed by atoms with Gasteiger partial charge in [0, 0.05) is 13.1 Å². The van der Waals surface area contributed by atoms with Gasteiger partial charge in [-0.3, -0.25) is 4.79 Å². The number of amides is 1. The lowest BCUT2D eigenvalue weighted by molar-refractivity contribution is -0.135. The Balaban J connectivity index is 2.05. The van der Waals surface area contributed by atoms with Crippen molar-refractivity contribution >= 4 is 17.5 Å². The molecule has 0 radical (unpaired) electrons. The molecule has 1 amide bonds. The molecule has 0 aliphatic carbocycles. The quantitative estimate of drug-likeness (QED) is 0.782. The van der Waals surface area contributed by atoms with Crippen LogP contribution in [0, 0.1) is 0 Å². The minimum atomic E-state index is -0.434. The van der Waals surface area contributed by atoms with Crippen molar-refractivity contribution in [3.8, 4) is 5.75 Å². The lowest BCUT2D eigenvalue weighted by Crippen LogP contribution is -2.47. The van der Waals surface area contributed by atoms with Gasteiger partial charge in [0.05, 0.1) is 20.3 Å². The lowest BCUT2D eigenvalue weighted by Gasteiger charge is -2.29. The zero-order chi connectivity index (χ0) is 14.5. The summed E-state index contributed by atoms with van der Waals surface area (Å²) in [5.74, 6) is 0.979. The molecule has 20 heavy (non-hydrogen) atoms. The van der Waals surface area contributed by atoms with E-state index in [4.69, 9.17) is 15.2 Å². The molecule has 1 unspecified atom stereocenters. The van der Waals surface area contributed by atoms with Crippen molar-refractivity contribution in [2.45, 2.75) is 13.0 Å². The van der Waals surface area contributed by atoms with Crippen LogP contribution in [0.25, 0.3) is 0 Å². The highest BCUT2D eigenvalue weighted by Crippen LogP contribution is 2.26. The van der Waals surface area contributed by atoms with Crippen LogP contribution in [0.3, 0.4) is 0 Å². The zero-order valence-corrected chi connectivity index (χ0v) is 11.6. The smallest absolute Gasteiger partial charge is 0.244 e. The monoisotopic (exact) mass is 281 g/mol. The Morgan fingerprint density at radius 2 is 2.20 bits per heavy atom. The fourth-order valence-corrected chi connectivity index (χ4v) is 2.02. The maximum absolute atomic E-state index is 12.3. The molecule has 3 N–H and O–H groups in total. The van der Waals surface area contributed by atoms with E-state index >= 15 is 0 Å². The summed E-state index contributed by atoms with van der Waals surface area (Å²) in [4.78, 5) is 21.9. The summed E-state index contributed by atoms with van der Waals surface area (Å²) in [6.45, 7) is 4.13. The molecule has 0 spiro atoms. The summed E-state index contributed by atoms with van der Waals surface area (Å²) in [7, 11) is 1.48. The molecule has 1 aliphatic heterocycles. The van der Waals surface area contributed by atoms with E-state index in [0.29, 0.717) is 37.9 Å². The van der Waals surface area contributed by atoms with Crippen LogP contribution in [0.1, 0.15) is 6.92 Å². The van der Waals surface area contributed by atoms with Crippen molar-refractivity contribution in [1.29, 1.82) is 0 Å². The van der Waals surface area contributed by atoms with Crippen LogP contribution in [-0.2, 0) is 9.53 Å². The normalized spacial score (nSPS) is 16.6. The van der Waals surface area contributed by atoms with Gasteiger partial charge in [0.15, 0.2) is 11.6 Å². The number of nitrogens with two attached hydrogens (primary N) is 1. The number of nitrogens with zero attached hydrogens (tertiary/aromatic N) is 3. The van der Waals surface area contributed by atoms with Crippen molar-refractivity contribution in [2.75, 3.05) is 44.5 Å². The molecular formula is C12H19N5O3. The maximum Gasteiger partial charge on any atom is 0.244 e. The standard InChI is InChI=1S/C12H19N5O3/c1-8(12(18)17-3-5-20-6-4-17)16-11-9(19-2)10(13)14-7-15-11/h7-8H,3-6H2,1-2H3,(H3,13,14,15,16). The summed E-state index contributed by atoms with van der Waals surface area (Å²) in [6.07, 6.45) is 1.33. The molecule has 2 rings (SSSR count). The molecule has 1 atom stereocenters. The number of nitrogens with one attached hydrogen (secondary N) is 1. The largest absolute Gasteiger partial charge is 0.490 e. The Morgan fingerprint density at radius 3 is 2.85 bits per heavy atom. The highest BCUT2D eigenvalue weighted by atomic mass is 16.5. The molecule has 1 saturated heterocycles. The summed E-state index contributed by atoms with van der Waals surface area (Å²) < 4.78 is 10.4. The first kappa shape index (κ1) is 14.3. The number of methoxy groups -OCH3 is 1. The molecule has 0 bridgehead atoms. The van der Waals surface area contributed by atoms with Crippen molar-refractivity contribution in [3.63, 3.8) is 0 Å². The maximum atomic E-state index is 12.3. The van der Waals surface area contributed by atoms with E-state index in [1.807, 2.05) is 0 Å². The van der Waals surface area contributed by atoms with Crippen molar-refractivity contribution in [1.82, 2.24) is 14.9 Å². The van der Waals surface area contributed by atoms with E-state index in [0.717, 1.165) is 0 Å². The van der Waals surface area contributed by atoms with E-state index in [-0.39, 0.29) is 11.7 Å². The molecule has 2 heterocycles. The van der Waals surface area contributed by atoms with Crippen LogP contribution in [0.2, 0.25) is 0 Å². The van der Waals surface area contributed by atoms with E-state index in [2.05, 4.69) is 15.3 Å². The number of carbonyl (C=O) groups excluding carboxylic acids is 1. The fourth-order valence-electron chi connectivity index (χ4n) is 2.02. The van der Waals surface area contributed by atoms with Gasteiger partial charge in [-0.25, -0.2) is 9.97 Å². The number of ether oxygens (including phenoxy) is 2. The third-order valence-corrected chi connectivity index (χ3v) is 3.08. The molecular weight excluding hydrogens is 262 g/mol. The first-order valence-corrected chi connectivity index (χ1v) is 6.41. The van der Waals surface area contributed by atoms with Crippen molar-refractivity contribution in [2.24, 2.45) is 0 Å². The van der Waals surface area contributed by atoms with Crippen molar-refractivity contribution in [3.05, 3.63) is 6.33 Å². The highest BCUT2D eigenvalue weighted by Gasteiger charge is 2.23. The molecule has 8 heteroatoms. The first-order chi connectivity index (χ1) is 9.63. The molecule has 0 aromatic carbocycles. The Labute approximate surface area is 117 Å². The van der Waals surface area contributed by atoms with Crippen LogP contribution in [0.5, 0.6) is 5.75 Å².